The highest BCUT2D eigenvalue weighted by Crippen LogP contribution is 2.14. The van der Waals surface area contributed by atoms with E-state index in [0.717, 1.165) is 37.7 Å². The summed E-state index contributed by atoms with van der Waals surface area (Å²) >= 11 is 0. The number of guanidine groups is 1. The molecule has 2 aliphatic rings. The third-order valence-electron chi connectivity index (χ3n) is 3.75. The van der Waals surface area contributed by atoms with Crippen LogP contribution in [0.15, 0.2) is 4.99 Å². The summed E-state index contributed by atoms with van der Waals surface area (Å²) in [6, 6.07) is 0. The number of aliphatic imine (C=N–C) groups is 1. The van der Waals surface area contributed by atoms with E-state index in [9.17, 15) is 0 Å². The third kappa shape index (κ3) is 2.19. The van der Waals surface area contributed by atoms with Gasteiger partial charge in [0.15, 0.2) is 11.8 Å². The molecule has 3 heterocycles. The Labute approximate surface area is 107 Å². The van der Waals surface area contributed by atoms with Gasteiger partial charge in [-0.3, -0.25) is 0 Å². The Hall–Kier alpha value is -1.59. The summed E-state index contributed by atoms with van der Waals surface area (Å²) in [6.45, 7) is 3.65. The van der Waals surface area contributed by atoms with Gasteiger partial charge in [-0.15, -0.1) is 10.2 Å². The quantitative estimate of drug-likeness (QED) is 0.612. The second-order valence-corrected chi connectivity index (χ2v) is 5.01. The van der Waals surface area contributed by atoms with Crippen LogP contribution >= 0.6 is 0 Å². The lowest BCUT2D eigenvalue weighted by Crippen LogP contribution is -2.40. The zero-order chi connectivity index (χ0) is 12.4. The summed E-state index contributed by atoms with van der Waals surface area (Å²) in [6.07, 6.45) is 5.95. The maximum atomic E-state index is 6.03. The first-order chi connectivity index (χ1) is 8.84. The molecule has 0 atom stereocenters. The van der Waals surface area contributed by atoms with Crippen molar-refractivity contribution < 1.29 is 0 Å². The standard InChI is InChI=1S/C12H20N6/c13-12(17-6-2-1-3-7-17)14-9-11-16-15-10-5-4-8-18(10)11/h1-9H2,(H2,13,14). The van der Waals surface area contributed by atoms with E-state index < -0.39 is 0 Å². The minimum absolute atomic E-state index is 0.551. The van der Waals surface area contributed by atoms with Gasteiger partial charge in [0.25, 0.3) is 0 Å². The molecule has 0 radical (unpaired) electrons. The van der Waals surface area contributed by atoms with Gasteiger partial charge < -0.3 is 15.2 Å². The van der Waals surface area contributed by atoms with Crippen LogP contribution in [-0.2, 0) is 19.5 Å². The molecule has 98 valence electrons. The van der Waals surface area contributed by atoms with Crippen molar-refractivity contribution in [2.75, 3.05) is 13.1 Å². The SMILES string of the molecule is NC(=NCc1nnc2n1CCC2)N1CCCCC1. The van der Waals surface area contributed by atoms with Crippen molar-refractivity contribution in [3.05, 3.63) is 11.6 Å². The average molecular weight is 248 g/mol. The van der Waals surface area contributed by atoms with Crippen molar-refractivity contribution in [3.63, 3.8) is 0 Å². The first kappa shape index (κ1) is 11.5. The maximum Gasteiger partial charge on any atom is 0.191 e. The number of hydrogen-bond acceptors (Lipinski definition) is 3. The number of rotatable bonds is 2. The topological polar surface area (TPSA) is 72.3 Å². The zero-order valence-electron chi connectivity index (χ0n) is 10.7. The van der Waals surface area contributed by atoms with Crippen molar-refractivity contribution in [3.8, 4) is 0 Å². The fourth-order valence-electron chi connectivity index (χ4n) is 2.70. The molecule has 6 nitrogen and oxygen atoms in total. The van der Waals surface area contributed by atoms with Gasteiger partial charge in [-0.05, 0) is 25.7 Å². The molecule has 1 aromatic rings. The minimum Gasteiger partial charge on any atom is -0.370 e. The van der Waals surface area contributed by atoms with Crippen LogP contribution < -0.4 is 5.73 Å². The van der Waals surface area contributed by atoms with Crippen molar-refractivity contribution >= 4 is 5.96 Å². The second kappa shape index (κ2) is 4.96. The summed E-state index contributed by atoms with van der Waals surface area (Å²) < 4.78 is 2.17. The summed E-state index contributed by atoms with van der Waals surface area (Å²) in [7, 11) is 0. The van der Waals surface area contributed by atoms with Crippen LogP contribution in [-0.4, -0.2) is 38.7 Å². The van der Waals surface area contributed by atoms with Crippen molar-refractivity contribution in [1.29, 1.82) is 0 Å². The van der Waals surface area contributed by atoms with E-state index in [1.165, 1.54) is 25.7 Å². The van der Waals surface area contributed by atoms with E-state index in [1.807, 2.05) is 0 Å². The molecule has 0 saturated carbocycles. The highest BCUT2D eigenvalue weighted by Gasteiger charge is 2.17. The highest BCUT2D eigenvalue weighted by molar-refractivity contribution is 5.78. The number of aromatic nitrogens is 3. The smallest absolute Gasteiger partial charge is 0.191 e. The van der Waals surface area contributed by atoms with Gasteiger partial charge >= 0.3 is 0 Å². The normalized spacial score (nSPS) is 20.2. The summed E-state index contributed by atoms with van der Waals surface area (Å²) in [4.78, 5) is 6.64. The maximum absolute atomic E-state index is 6.03. The van der Waals surface area contributed by atoms with Crippen molar-refractivity contribution in [2.45, 2.75) is 45.2 Å². The molecular formula is C12H20N6. The second-order valence-electron chi connectivity index (χ2n) is 5.01. The van der Waals surface area contributed by atoms with Gasteiger partial charge in [-0.1, -0.05) is 0 Å². The van der Waals surface area contributed by atoms with Crippen LogP contribution in [0.1, 0.15) is 37.3 Å². The molecule has 3 rings (SSSR count). The molecule has 2 aliphatic heterocycles. The lowest BCUT2D eigenvalue weighted by Gasteiger charge is -2.27. The molecule has 0 spiro atoms. The number of nitrogens with zero attached hydrogens (tertiary/aromatic N) is 5. The molecule has 1 fully saturated rings. The number of aryl methyl sites for hydroxylation is 1. The average Bonchev–Trinajstić information content (AvgIpc) is 3.00. The Morgan fingerprint density at radius 3 is 2.78 bits per heavy atom. The Balaban J connectivity index is 1.65. The first-order valence-electron chi connectivity index (χ1n) is 6.80. The minimum atomic E-state index is 0.551. The lowest BCUT2D eigenvalue weighted by molar-refractivity contribution is 0.338. The van der Waals surface area contributed by atoms with Crippen molar-refractivity contribution in [2.24, 2.45) is 10.7 Å². The largest absolute Gasteiger partial charge is 0.370 e. The summed E-state index contributed by atoms with van der Waals surface area (Å²) in [5.74, 6) is 2.70. The van der Waals surface area contributed by atoms with Crippen molar-refractivity contribution in [1.82, 2.24) is 19.7 Å². The summed E-state index contributed by atoms with van der Waals surface area (Å²) in [5.41, 5.74) is 6.03. The van der Waals surface area contributed by atoms with Gasteiger partial charge in [0.1, 0.15) is 12.4 Å². The van der Waals surface area contributed by atoms with Gasteiger partial charge in [0.2, 0.25) is 0 Å². The molecule has 2 N–H and O–H groups in total. The van der Waals surface area contributed by atoms with Crippen LogP contribution in [0.2, 0.25) is 0 Å². The molecule has 18 heavy (non-hydrogen) atoms. The summed E-state index contributed by atoms with van der Waals surface area (Å²) in [5, 5.41) is 8.36. The molecule has 0 aliphatic carbocycles. The van der Waals surface area contributed by atoms with E-state index in [1.54, 1.807) is 0 Å². The van der Waals surface area contributed by atoms with Crippen LogP contribution in [0.5, 0.6) is 0 Å². The molecule has 0 aromatic carbocycles. The third-order valence-corrected chi connectivity index (χ3v) is 3.75. The van der Waals surface area contributed by atoms with Gasteiger partial charge in [-0.25, -0.2) is 4.99 Å². The number of piperidine rings is 1. The highest BCUT2D eigenvalue weighted by atomic mass is 15.3. The Morgan fingerprint density at radius 1 is 1.11 bits per heavy atom. The number of nitrogens with two attached hydrogens (primary N) is 1. The van der Waals surface area contributed by atoms with Crippen LogP contribution in [0, 0.1) is 0 Å². The molecular weight excluding hydrogens is 228 g/mol. The number of hydrogen-bond donors (Lipinski definition) is 1. The van der Waals surface area contributed by atoms with E-state index in [0.29, 0.717) is 12.5 Å². The fourth-order valence-corrected chi connectivity index (χ4v) is 2.70. The van der Waals surface area contributed by atoms with E-state index in [4.69, 9.17) is 5.73 Å². The first-order valence-corrected chi connectivity index (χ1v) is 6.80. The zero-order valence-corrected chi connectivity index (χ0v) is 10.7. The van der Waals surface area contributed by atoms with Gasteiger partial charge in [0, 0.05) is 26.1 Å². The van der Waals surface area contributed by atoms with Crippen LogP contribution in [0.4, 0.5) is 0 Å². The molecule has 0 unspecified atom stereocenters. The van der Waals surface area contributed by atoms with Crippen LogP contribution in [0.25, 0.3) is 0 Å². The number of fused-ring (bicyclic) bond motifs is 1. The molecule has 0 bridgehead atoms. The predicted octanol–water partition coefficient (Wildman–Crippen LogP) is 0.525. The molecule has 0 amide bonds. The fraction of sp³-hybridized carbons (Fsp3) is 0.750. The van der Waals surface area contributed by atoms with Gasteiger partial charge in [-0.2, -0.15) is 0 Å². The molecule has 6 heteroatoms. The number of likely N-dealkylation sites (tertiary alicyclic amines) is 1. The molecule has 1 saturated heterocycles. The van der Waals surface area contributed by atoms with E-state index in [2.05, 4.69) is 24.7 Å². The lowest BCUT2D eigenvalue weighted by atomic mass is 10.1. The molecule has 1 aromatic heterocycles. The van der Waals surface area contributed by atoms with Gasteiger partial charge in [0.05, 0.1) is 0 Å². The van der Waals surface area contributed by atoms with E-state index in [-0.39, 0.29) is 0 Å². The predicted molar refractivity (Wildman–Crippen MR) is 69.1 cm³/mol. The Bertz CT molecular complexity index is 443. The Morgan fingerprint density at radius 2 is 1.94 bits per heavy atom. The monoisotopic (exact) mass is 248 g/mol. The van der Waals surface area contributed by atoms with Crippen LogP contribution in [0.3, 0.4) is 0 Å². The Kier molecular flexibility index (Phi) is 3.17. The van der Waals surface area contributed by atoms with E-state index >= 15 is 0 Å².